The van der Waals surface area contributed by atoms with Gasteiger partial charge in [-0.05, 0) is 38.2 Å². The van der Waals surface area contributed by atoms with Gasteiger partial charge in [0.05, 0.1) is 5.56 Å². The normalized spacial score (nSPS) is 21.2. The maximum absolute atomic E-state index is 12.2. The van der Waals surface area contributed by atoms with E-state index < -0.39 is 5.97 Å². The fraction of sp³-hybridized carbons (Fsp3) is 0.571. The van der Waals surface area contributed by atoms with Gasteiger partial charge in [-0.25, -0.2) is 4.79 Å². The van der Waals surface area contributed by atoms with Crippen molar-refractivity contribution in [1.29, 1.82) is 0 Å². The Morgan fingerprint density at radius 1 is 1.42 bits per heavy atom. The highest BCUT2D eigenvalue weighted by Crippen LogP contribution is 2.35. The van der Waals surface area contributed by atoms with Crippen molar-refractivity contribution < 1.29 is 14.7 Å². The third-order valence-electron chi connectivity index (χ3n) is 3.78. The second-order valence-electron chi connectivity index (χ2n) is 5.29. The second kappa shape index (κ2) is 5.07. The van der Waals surface area contributed by atoms with E-state index in [1.807, 2.05) is 0 Å². The van der Waals surface area contributed by atoms with Crippen LogP contribution in [0.5, 0.6) is 0 Å². The predicted molar refractivity (Wildman–Crippen MR) is 71.5 cm³/mol. The van der Waals surface area contributed by atoms with Gasteiger partial charge >= 0.3 is 5.97 Å². The molecule has 0 spiro atoms. The molecule has 0 saturated heterocycles. The zero-order chi connectivity index (χ0) is 14.2. The van der Waals surface area contributed by atoms with Gasteiger partial charge in [0.1, 0.15) is 5.69 Å². The molecule has 1 aliphatic rings. The number of aryl methyl sites for hydroxylation is 1. The highest BCUT2D eigenvalue weighted by atomic mass is 16.4. The summed E-state index contributed by atoms with van der Waals surface area (Å²) in [5.41, 5.74) is 1.69. The molecule has 2 unspecified atom stereocenters. The number of carboxylic acid groups (broad SMARTS) is 1. The number of aromatic nitrogens is 1. The average Bonchev–Trinajstić information content (AvgIpc) is 2.95. The minimum Gasteiger partial charge on any atom is -0.477 e. The van der Waals surface area contributed by atoms with Crippen LogP contribution in [0.1, 0.15) is 58.3 Å². The highest BCUT2D eigenvalue weighted by Gasteiger charge is 2.38. The summed E-state index contributed by atoms with van der Waals surface area (Å²) in [6.07, 6.45) is 3.30. The van der Waals surface area contributed by atoms with Crippen molar-refractivity contribution in [1.82, 2.24) is 10.3 Å². The van der Waals surface area contributed by atoms with E-state index in [-0.39, 0.29) is 17.6 Å². The van der Waals surface area contributed by atoms with E-state index in [1.165, 1.54) is 0 Å². The first kappa shape index (κ1) is 13.6. The van der Waals surface area contributed by atoms with Gasteiger partial charge in [-0.1, -0.05) is 13.3 Å². The van der Waals surface area contributed by atoms with Crippen molar-refractivity contribution in [2.45, 2.75) is 46.1 Å². The van der Waals surface area contributed by atoms with Gasteiger partial charge in [0, 0.05) is 11.7 Å². The van der Waals surface area contributed by atoms with Crippen LogP contribution in [0.2, 0.25) is 0 Å². The zero-order valence-corrected chi connectivity index (χ0v) is 11.5. The number of hydrogen-bond acceptors (Lipinski definition) is 2. The lowest BCUT2D eigenvalue weighted by Crippen LogP contribution is -2.27. The Bertz CT molecular complexity index is 519. The van der Waals surface area contributed by atoms with Gasteiger partial charge in [0.2, 0.25) is 0 Å². The maximum atomic E-state index is 12.2. The second-order valence-corrected chi connectivity index (χ2v) is 5.29. The van der Waals surface area contributed by atoms with Gasteiger partial charge < -0.3 is 15.4 Å². The Hall–Kier alpha value is -1.78. The van der Waals surface area contributed by atoms with Crippen molar-refractivity contribution in [2.75, 3.05) is 0 Å². The van der Waals surface area contributed by atoms with Crippen LogP contribution < -0.4 is 5.32 Å². The number of nitrogens with one attached hydrogen (secondary N) is 2. The maximum Gasteiger partial charge on any atom is 0.352 e. The fourth-order valence-electron chi connectivity index (χ4n) is 2.66. The molecule has 1 aliphatic carbocycles. The number of aromatic amines is 1. The Morgan fingerprint density at radius 3 is 2.63 bits per heavy atom. The summed E-state index contributed by atoms with van der Waals surface area (Å²) in [6.45, 7) is 5.53. The number of carbonyl (C=O) groups excluding carboxylic acids is 1. The van der Waals surface area contributed by atoms with Crippen molar-refractivity contribution in [2.24, 2.45) is 5.92 Å². The molecule has 0 radical (unpaired) electrons. The van der Waals surface area contributed by atoms with Crippen LogP contribution in [-0.2, 0) is 0 Å². The molecule has 1 saturated carbocycles. The number of rotatable bonds is 5. The average molecular weight is 264 g/mol. The van der Waals surface area contributed by atoms with E-state index in [2.05, 4.69) is 17.2 Å². The largest absolute Gasteiger partial charge is 0.477 e. The summed E-state index contributed by atoms with van der Waals surface area (Å²) in [4.78, 5) is 26.0. The van der Waals surface area contributed by atoms with Crippen LogP contribution in [0.15, 0.2) is 0 Å². The lowest BCUT2D eigenvalue weighted by atomic mass is 10.1. The van der Waals surface area contributed by atoms with Crippen LogP contribution in [-0.4, -0.2) is 28.0 Å². The molecule has 3 N–H and O–H groups in total. The zero-order valence-electron chi connectivity index (χ0n) is 11.5. The lowest BCUT2D eigenvalue weighted by Gasteiger charge is -2.05. The van der Waals surface area contributed by atoms with Crippen molar-refractivity contribution in [3.63, 3.8) is 0 Å². The Balaban J connectivity index is 2.10. The van der Waals surface area contributed by atoms with Gasteiger partial charge in [0.15, 0.2) is 0 Å². The minimum absolute atomic E-state index is 0.101. The number of amides is 1. The summed E-state index contributed by atoms with van der Waals surface area (Å²) in [7, 11) is 0. The smallest absolute Gasteiger partial charge is 0.352 e. The van der Waals surface area contributed by atoms with E-state index in [0.717, 1.165) is 19.3 Å². The third-order valence-corrected chi connectivity index (χ3v) is 3.78. The lowest BCUT2D eigenvalue weighted by molar-refractivity contribution is 0.0690. The summed E-state index contributed by atoms with van der Waals surface area (Å²) in [6, 6.07) is 0.259. The molecule has 1 fully saturated rings. The van der Waals surface area contributed by atoms with Gasteiger partial charge in [0.25, 0.3) is 5.91 Å². The van der Waals surface area contributed by atoms with Crippen LogP contribution in [0, 0.1) is 19.8 Å². The first-order chi connectivity index (χ1) is 8.95. The summed E-state index contributed by atoms with van der Waals surface area (Å²) >= 11 is 0. The van der Waals surface area contributed by atoms with E-state index in [0.29, 0.717) is 22.7 Å². The highest BCUT2D eigenvalue weighted by molar-refractivity contribution is 6.01. The molecule has 0 aromatic carbocycles. The van der Waals surface area contributed by atoms with Crippen molar-refractivity contribution in [3.8, 4) is 0 Å². The SMILES string of the molecule is CCCC1CC1NC(=O)c1c(C)[nH]c(C(=O)O)c1C. The fourth-order valence-corrected chi connectivity index (χ4v) is 2.66. The Kier molecular flexibility index (Phi) is 3.64. The number of hydrogen-bond donors (Lipinski definition) is 3. The van der Waals surface area contributed by atoms with Gasteiger partial charge in [-0.2, -0.15) is 0 Å². The Morgan fingerprint density at radius 2 is 2.11 bits per heavy atom. The van der Waals surface area contributed by atoms with E-state index in [1.54, 1.807) is 13.8 Å². The molecule has 5 heteroatoms. The summed E-state index contributed by atoms with van der Waals surface area (Å²) < 4.78 is 0. The molecule has 19 heavy (non-hydrogen) atoms. The number of aromatic carboxylic acids is 1. The molecule has 2 rings (SSSR count). The van der Waals surface area contributed by atoms with Gasteiger partial charge in [-0.3, -0.25) is 4.79 Å². The monoisotopic (exact) mass is 264 g/mol. The van der Waals surface area contributed by atoms with Crippen LogP contribution >= 0.6 is 0 Å². The van der Waals surface area contributed by atoms with Crippen LogP contribution in [0.25, 0.3) is 0 Å². The first-order valence-corrected chi connectivity index (χ1v) is 6.69. The van der Waals surface area contributed by atoms with E-state index >= 15 is 0 Å². The molecule has 0 bridgehead atoms. The quantitative estimate of drug-likeness (QED) is 0.762. The number of carboxylic acids is 1. The molecule has 1 aromatic heterocycles. The van der Waals surface area contributed by atoms with E-state index in [9.17, 15) is 9.59 Å². The minimum atomic E-state index is -1.03. The summed E-state index contributed by atoms with van der Waals surface area (Å²) in [5.74, 6) is -0.607. The molecular formula is C14H20N2O3. The van der Waals surface area contributed by atoms with Crippen LogP contribution in [0.4, 0.5) is 0 Å². The summed E-state index contributed by atoms with van der Waals surface area (Å²) in [5, 5.41) is 12.0. The first-order valence-electron chi connectivity index (χ1n) is 6.69. The van der Waals surface area contributed by atoms with E-state index in [4.69, 9.17) is 5.11 Å². The third kappa shape index (κ3) is 2.64. The molecule has 0 aliphatic heterocycles. The molecule has 1 heterocycles. The van der Waals surface area contributed by atoms with Crippen LogP contribution in [0.3, 0.4) is 0 Å². The van der Waals surface area contributed by atoms with Crippen molar-refractivity contribution in [3.05, 3.63) is 22.5 Å². The Labute approximate surface area is 112 Å². The van der Waals surface area contributed by atoms with Crippen molar-refractivity contribution >= 4 is 11.9 Å². The number of carbonyl (C=O) groups is 2. The molecular weight excluding hydrogens is 244 g/mol. The molecule has 5 nitrogen and oxygen atoms in total. The molecule has 2 atom stereocenters. The topological polar surface area (TPSA) is 82.2 Å². The molecule has 1 amide bonds. The standard InChI is InChI=1S/C14H20N2O3/c1-4-5-9-6-10(9)16-13(17)11-7(2)12(14(18)19)15-8(11)3/h9-10,15H,4-6H2,1-3H3,(H,16,17)(H,18,19). The molecule has 104 valence electrons. The number of H-pyrrole nitrogens is 1. The van der Waals surface area contributed by atoms with Gasteiger partial charge in [-0.15, -0.1) is 0 Å². The molecule has 1 aromatic rings. The predicted octanol–water partition coefficient (Wildman–Crippen LogP) is 2.25.